The second-order valence-electron chi connectivity index (χ2n) is 2.81. The fraction of sp³-hybridized carbons (Fsp3) is 0.200. The summed E-state index contributed by atoms with van der Waals surface area (Å²) in [6, 6.07) is 2.97. The zero-order chi connectivity index (χ0) is 11.5. The largest absolute Gasteiger partial charge is 0.415 e. The minimum Gasteiger partial charge on any atom is -0.312 e. The fourth-order valence-corrected chi connectivity index (χ4v) is 1.08. The van der Waals surface area contributed by atoms with Crippen molar-refractivity contribution in [2.24, 2.45) is 0 Å². The average Bonchev–Trinajstić information content (AvgIpc) is 2.16. The van der Waals surface area contributed by atoms with Gasteiger partial charge < -0.3 is 4.85 Å². The maximum absolute atomic E-state index is 12.3. The third-order valence-corrected chi connectivity index (χ3v) is 1.70. The number of alkyl halides is 3. The highest BCUT2D eigenvalue weighted by Crippen LogP contribution is 2.32. The van der Waals surface area contributed by atoms with Crippen molar-refractivity contribution >= 4 is 5.69 Å². The van der Waals surface area contributed by atoms with Crippen LogP contribution in [0.15, 0.2) is 18.2 Å². The van der Waals surface area contributed by atoms with Crippen LogP contribution >= 0.6 is 0 Å². The van der Waals surface area contributed by atoms with Crippen molar-refractivity contribution in [1.29, 1.82) is 0 Å². The molecule has 0 radical (unpaired) electrons. The Morgan fingerprint density at radius 1 is 1.13 bits per heavy atom. The van der Waals surface area contributed by atoms with Crippen LogP contribution in [0.3, 0.4) is 0 Å². The number of benzene rings is 1. The molecule has 0 unspecified atom stereocenters. The lowest BCUT2D eigenvalue weighted by atomic mass is 10.1. The minimum atomic E-state index is -4.47. The zero-order valence-corrected chi connectivity index (χ0v) is 7.47. The molecule has 0 aromatic heterocycles. The van der Waals surface area contributed by atoms with E-state index in [0.29, 0.717) is 0 Å². The van der Waals surface area contributed by atoms with Crippen LogP contribution in [0.5, 0.6) is 0 Å². The second-order valence-corrected chi connectivity index (χ2v) is 2.81. The van der Waals surface area contributed by atoms with Gasteiger partial charge in [0.05, 0.1) is 6.57 Å². The van der Waals surface area contributed by atoms with E-state index in [9.17, 15) is 13.2 Å². The van der Waals surface area contributed by atoms with Gasteiger partial charge in [0, 0.05) is 11.1 Å². The Morgan fingerprint density at radius 2 is 1.80 bits per heavy atom. The molecule has 0 atom stereocenters. The lowest BCUT2D eigenvalue weighted by Gasteiger charge is -2.07. The highest BCUT2D eigenvalue weighted by atomic mass is 19.4. The van der Waals surface area contributed by atoms with E-state index in [1.54, 1.807) is 0 Å². The molecule has 0 heterocycles. The van der Waals surface area contributed by atoms with E-state index in [-0.39, 0.29) is 17.8 Å². The molecule has 0 aliphatic carbocycles. The van der Waals surface area contributed by atoms with E-state index in [1.165, 1.54) is 6.07 Å². The van der Waals surface area contributed by atoms with Crippen molar-refractivity contribution in [2.45, 2.75) is 12.7 Å². The Labute approximate surface area is 84.6 Å². The van der Waals surface area contributed by atoms with E-state index in [2.05, 4.69) is 9.69 Å². The molecule has 0 N–H and O–H groups in total. The molecular formula is C10H5F3N2. The predicted molar refractivity (Wildman–Crippen MR) is 48.0 cm³/mol. The smallest absolute Gasteiger partial charge is 0.312 e. The summed E-state index contributed by atoms with van der Waals surface area (Å²) < 4.78 is 37.0. The first kappa shape index (κ1) is 11.1. The van der Waals surface area contributed by atoms with E-state index in [0.717, 1.165) is 12.1 Å². The van der Waals surface area contributed by atoms with Crippen molar-refractivity contribution in [3.63, 3.8) is 0 Å². The Hall–Kier alpha value is -2.01. The highest BCUT2D eigenvalue weighted by Gasteiger charge is 2.31. The molecule has 0 saturated heterocycles. The SMILES string of the molecule is [C-]#[N+]Cc1cc([N+]#[C-])cc(C(F)(F)F)c1. The van der Waals surface area contributed by atoms with E-state index >= 15 is 0 Å². The molecule has 76 valence electrons. The van der Waals surface area contributed by atoms with Crippen LogP contribution < -0.4 is 0 Å². The monoisotopic (exact) mass is 210 g/mol. The number of nitrogens with zero attached hydrogens (tertiary/aromatic N) is 2. The summed E-state index contributed by atoms with van der Waals surface area (Å²) in [5.41, 5.74) is -0.760. The minimum absolute atomic E-state index is 0.0940. The standard InChI is InChI=1S/C10H5F3N2/c1-14-6-7-3-8(10(11,12)13)5-9(4-7)15-2/h3-5H,6H2. The number of hydrogen-bond donors (Lipinski definition) is 0. The van der Waals surface area contributed by atoms with Crippen LogP contribution in [-0.2, 0) is 12.7 Å². The molecule has 15 heavy (non-hydrogen) atoms. The van der Waals surface area contributed by atoms with Crippen molar-refractivity contribution in [3.8, 4) is 0 Å². The third kappa shape index (κ3) is 2.72. The Balaban J connectivity index is 3.26. The first-order valence-corrected chi connectivity index (χ1v) is 3.89. The first-order chi connectivity index (χ1) is 6.97. The van der Waals surface area contributed by atoms with Gasteiger partial charge in [0.15, 0.2) is 5.69 Å². The molecule has 2 nitrogen and oxygen atoms in total. The molecule has 1 aromatic carbocycles. The maximum Gasteiger partial charge on any atom is 0.415 e. The summed E-state index contributed by atoms with van der Waals surface area (Å²) in [5.74, 6) is 0. The maximum atomic E-state index is 12.3. The van der Waals surface area contributed by atoms with E-state index < -0.39 is 11.7 Å². The van der Waals surface area contributed by atoms with Crippen molar-refractivity contribution in [3.05, 3.63) is 52.2 Å². The van der Waals surface area contributed by atoms with Gasteiger partial charge in [0.25, 0.3) is 0 Å². The summed E-state index contributed by atoms with van der Waals surface area (Å²) >= 11 is 0. The molecule has 1 rings (SSSR count). The predicted octanol–water partition coefficient (Wildman–Crippen LogP) is 3.68. The molecule has 0 bridgehead atoms. The van der Waals surface area contributed by atoms with E-state index in [1.807, 2.05) is 0 Å². The second kappa shape index (κ2) is 4.02. The van der Waals surface area contributed by atoms with E-state index in [4.69, 9.17) is 13.1 Å². The summed E-state index contributed by atoms with van der Waals surface area (Å²) in [4.78, 5) is 5.92. The third-order valence-electron chi connectivity index (χ3n) is 1.70. The van der Waals surface area contributed by atoms with Gasteiger partial charge in [-0.25, -0.2) is 11.4 Å². The normalized spacial score (nSPS) is 10.5. The lowest BCUT2D eigenvalue weighted by Crippen LogP contribution is -2.05. The Kier molecular flexibility index (Phi) is 2.96. The molecular weight excluding hydrogens is 205 g/mol. The molecule has 0 amide bonds. The van der Waals surface area contributed by atoms with Crippen LogP contribution in [0.4, 0.5) is 18.9 Å². The van der Waals surface area contributed by atoms with Gasteiger partial charge >= 0.3 is 6.18 Å². The zero-order valence-electron chi connectivity index (χ0n) is 7.47. The summed E-state index contributed by atoms with van der Waals surface area (Å²) in [6.45, 7) is 13.1. The van der Waals surface area contributed by atoms with Gasteiger partial charge in [0.1, 0.15) is 0 Å². The first-order valence-electron chi connectivity index (χ1n) is 3.89. The molecule has 5 heteroatoms. The van der Waals surface area contributed by atoms with Crippen LogP contribution in [0.2, 0.25) is 0 Å². The molecule has 0 saturated carbocycles. The molecule has 1 aromatic rings. The molecule has 0 fully saturated rings. The summed E-state index contributed by atoms with van der Waals surface area (Å²) in [6.07, 6.45) is -4.47. The summed E-state index contributed by atoms with van der Waals surface area (Å²) in [5, 5.41) is 0. The Bertz CT molecular complexity index is 449. The molecule has 0 spiro atoms. The number of halogens is 3. The van der Waals surface area contributed by atoms with Crippen molar-refractivity contribution < 1.29 is 13.2 Å². The highest BCUT2D eigenvalue weighted by molar-refractivity contribution is 5.50. The van der Waals surface area contributed by atoms with Crippen LogP contribution in [-0.4, -0.2) is 0 Å². The van der Waals surface area contributed by atoms with Gasteiger partial charge in [-0.05, 0) is 18.2 Å². The van der Waals surface area contributed by atoms with Gasteiger partial charge in [0.2, 0.25) is 6.54 Å². The molecule has 0 aliphatic rings. The van der Waals surface area contributed by atoms with Crippen LogP contribution in [0.1, 0.15) is 11.1 Å². The fourth-order valence-electron chi connectivity index (χ4n) is 1.08. The average molecular weight is 210 g/mol. The van der Waals surface area contributed by atoms with Crippen LogP contribution in [0.25, 0.3) is 9.69 Å². The Morgan fingerprint density at radius 3 is 2.27 bits per heavy atom. The quantitative estimate of drug-likeness (QED) is 0.625. The topological polar surface area (TPSA) is 8.72 Å². The van der Waals surface area contributed by atoms with Crippen molar-refractivity contribution in [2.75, 3.05) is 0 Å². The number of rotatable bonds is 1. The lowest BCUT2D eigenvalue weighted by molar-refractivity contribution is -0.137. The van der Waals surface area contributed by atoms with Gasteiger partial charge in [-0.3, -0.25) is 0 Å². The van der Waals surface area contributed by atoms with Crippen LogP contribution in [0, 0.1) is 13.1 Å². The number of hydrogen-bond acceptors (Lipinski definition) is 0. The molecule has 0 aliphatic heterocycles. The van der Waals surface area contributed by atoms with Gasteiger partial charge in [-0.2, -0.15) is 13.2 Å². The van der Waals surface area contributed by atoms with Gasteiger partial charge in [-0.1, -0.05) is 0 Å². The van der Waals surface area contributed by atoms with Crippen molar-refractivity contribution in [1.82, 2.24) is 0 Å². The van der Waals surface area contributed by atoms with Gasteiger partial charge in [-0.15, -0.1) is 0 Å². The summed E-state index contributed by atoms with van der Waals surface area (Å²) in [7, 11) is 0.